The van der Waals surface area contributed by atoms with E-state index in [4.69, 9.17) is 18.9 Å². The van der Waals surface area contributed by atoms with Gasteiger partial charge in [-0.15, -0.1) is 0 Å². The van der Waals surface area contributed by atoms with Crippen molar-refractivity contribution >= 4 is 12.1 Å². The van der Waals surface area contributed by atoms with E-state index in [0.717, 1.165) is 0 Å². The van der Waals surface area contributed by atoms with Crippen molar-refractivity contribution < 1.29 is 28.5 Å². The number of nitrogens with zero attached hydrogens (tertiary/aromatic N) is 1. The minimum Gasteiger partial charge on any atom is -0.461 e. The second-order valence-corrected chi connectivity index (χ2v) is 6.20. The van der Waals surface area contributed by atoms with Crippen LogP contribution in [0, 0.1) is 0 Å². The van der Waals surface area contributed by atoms with Gasteiger partial charge >= 0.3 is 12.1 Å². The lowest BCUT2D eigenvalue weighted by Gasteiger charge is -2.33. The number of hydrogen-bond acceptors (Lipinski definition) is 6. The molecule has 1 fully saturated rings. The molecule has 0 spiro atoms. The number of amides is 1. The maximum absolute atomic E-state index is 11.9. The maximum atomic E-state index is 11.9. The summed E-state index contributed by atoms with van der Waals surface area (Å²) < 4.78 is 20.6. The molecule has 1 saturated heterocycles. The molecule has 0 radical (unpaired) electrons. The van der Waals surface area contributed by atoms with Gasteiger partial charge in [0.05, 0.1) is 13.2 Å². The van der Waals surface area contributed by atoms with Crippen LogP contribution in [-0.2, 0) is 23.7 Å². The number of methoxy groups -OCH3 is 1. The maximum Gasteiger partial charge on any atom is 0.410 e. The van der Waals surface area contributed by atoms with Gasteiger partial charge in [-0.05, 0) is 20.8 Å². The molecule has 1 heterocycles. The molecule has 0 aliphatic carbocycles. The van der Waals surface area contributed by atoms with Gasteiger partial charge in [0.2, 0.25) is 0 Å². The molecule has 0 atom stereocenters. The summed E-state index contributed by atoms with van der Waals surface area (Å²) in [7, 11) is 1.57. The first kappa shape index (κ1) is 18.7. The Morgan fingerprint density at radius 3 is 2.32 bits per heavy atom. The Bertz CT molecular complexity index is 358. The minimum absolute atomic E-state index is 0.0738. The zero-order valence-electron chi connectivity index (χ0n) is 13.9. The molecule has 0 unspecified atom stereocenters. The molecule has 0 aromatic carbocycles. The monoisotopic (exact) mass is 317 g/mol. The number of piperidine rings is 1. The number of ether oxygens (including phenoxy) is 4. The number of hydrogen-bond donors (Lipinski definition) is 0. The van der Waals surface area contributed by atoms with Crippen molar-refractivity contribution in [1.82, 2.24) is 4.90 Å². The lowest BCUT2D eigenvalue weighted by molar-refractivity contribution is -0.156. The molecule has 22 heavy (non-hydrogen) atoms. The second kappa shape index (κ2) is 8.95. The van der Waals surface area contributed by atoms with Crippen LogP contribution in [0.2, 0.25) is 0 Å². The summed E-state index contributed by atoms with van der Waals surface area (Å²) in [5.41, 5.74) is -0.500. The Kier molecular flexibility index (Phi) is 7.61. The summed E-state index contributed by atoms with van der Waals surface area (Å²) >= 11 is 0. The third kappa shape index (κ3) is 7.61. The third-order valence-corrected chi connectivity index (χ3v) is 3.04. The summed E-state index contributed by atoms with van der Waals surface area (Å²) in [5.74, 6) is -0.383. The predicted octanol–water partition coefficient (Wildman–Crippen LogP) is 1.59. The van der Waals surface area contributed by atoms with Gasteiger partial charge < -0.3 is 23.8 Å². The number of esters is 1. The van der Waals surface area contributed by atoms with Crippen molar-refractivity contribution in [1.29, 1.82) is 0 Å². The normalized spacial score (nSPS) is 16.5. The van der Waals surface area contributed by atoms with Gasteiger partial charge in [-0.2, -0.15) is 0 Å². The Hall–Kier alpha value is -1.34. The van der Waals surface area contributed by atoms with Crippen LogP contribution < -0.4 is 0 Å². The fraction of sp³-hybridized carbons (Fsp3) is 0.867. The molecule has 0 aromatic heterocycles. The topological polar surface area (TPSA) is 74.3 Å². The average Bonchev–Trinajstić information content (AvgIpc) is 2.42. The van der Waals surface area contributed by atoms with Crippen LogP contribution >= 0.6 is 0 Å². The quantitative estimate of drug-likeness (QED) is 0.547. The lowest BCUT2D eigenvalue weighted by atomic mass is 10.1. The zero-order chi connectivity index (χ0) is 16.6. The van der Waals surface area contributed by atoms with Gasteiger partial charge in [-0.1, -0.05) is 0 Å². The molecule has 0 bridgehead atoms. The van der Waals surface area contributed by atoms with Crippen LogP contribution in [0.25, 0.3) is 0 Å². The summed E-state index contributed by atoms with van der Waals surface area (Å²) in [5, 5.41) is 0. The summed E-state index contributed by atoms with van der Waals surface area (Å²) in [6.45, 7) is 7.30. The van der Waals surface area contributed by atoms with Crippen LogP contribution in [0.4, 0.5) is 4.79 Å². The Morgan fingerprint density at radius 2 is 1.77 bits per heavy atom. The molecule has 1 rings (SSSR count). The number of carbonyl (C=O) groups excluding carboxylic acids is 2. The highest BCUT2D eigenvalue weighted by atomic mass is 16.6. The number of rotatable bonds is 6. The third-order valence-electron chi connectivity index (χ3n) is 3.04. The fourth-order valence-electron chi connectivity index (χ4n) is 2.00. The SMILES string of the molecule is COCCOCC(=O)OC1CCN(C(=O)OC(C)(C)C)CC1. The first-order valence-electron chi connectivity index (χ1n) is 7.56. The van der Waals surface area contributed by atoms with E-state index in [1.807, 2.05) is 20.8 Å². The largest absolute Gasteiger partial charge is 0.461 e. The van der Waals surface area contributed by atoms with Crippen LogP contribution in [0.15, 0.2) is 0 Å². The first-order valence-corrected chi connectivity index (χ1v) is 7.56. The van der Waals surface area contributed by atoms with E-state index in [2.05, 4.69) is 0 Å². The van der Waals surface area contributed by atoms with Gasteiger partial charge in [0, 0.05) is 33.0 Å². The number of carbonyl (C=O) groups is 2. The molecule has 128 valence electrons. The van der Waals surface area contributed by atoms with Crippen molar-refractivity contribution in [2.75, 3.05) is 40.0 Å². The standard InChI is InChI=1S/C15H27NO6/c1-15(2,3)22-14(18)16-7-5-12(6-8-16)21-13(17)11-20-10-9-19-4/h12H,5-11H2,1-4H3. The highest BCUT2D eigenvalue weighted by molar-refractivity contribution is 5.71. The van der Waals surface area contributed by atoms with Crippen molar-refractivity contribution in [2.24, 2.45) is 0 Å². The van der Waals surface area contributed by atoms with Gasteiger partial charge in [0.1, 0.15) is 18.3 Å². The molecule has 1 amide bonds. The number of likely N-dealkylation sites (tertiary alicyclic amines) is 1. The molecule has 0 saturated carbocycles. The van der Waals surface area contributed by atoms with Crippen LogP contribution in [0.5, 0.6) is 0 Å². The van der Waals surface area contributed by atoms with E-state index in [0.29, 0.717) is 39.1 Å². The van der Waals surface area contributed by atoms with Crippen molar-refractivity contribution in [3.63, 3.8) is 0 Å². The summed E-state index contributed by atoms with van der Waals surface area (Å²) in [4.78, 5) is 25.1. The Morgan fingerprint density at radius 1 is 1.14 bits per heavy atom. The van der Waals surface area contributed by atoms with Crippen molar-refractivity contribution in [3.8, 4) is 0 Å². The van der Waals surface area contributed by atoms with E-state index >= 15 is 0 Å². The predicted molar refractivity (Wildman–Crippen MR) is 79.6 cm³/mol. The van der Waals surface area contributed by atoms with E-state index in [-0.39, 0.29) is 24.8 Å². The van der Waals surface area contributed by atoms with Gasteiger partial charge in [0.15, 0.2) is 0 Å². The average molecular weight is 317 g/mol. The molecule has 7 nitrogen and oxygen atoms in total. The minimum atomic E-state index is -0.500. The molecule has 1 aliphatic heterocycles. The Labute approximate surface area is 131 Å². The summed E-state index contributed by atoms with van der Waals surface area (Å²) in [6, 6.07) is 0. The van der Waals surface area contributed by atoms with E-state index in [1.54, 1.807) is 12.0 Å². The molecule has 1 aliphatic rings. The molecule has 7 heteroatoms. The van der Waals surface area contributed by atoms with Crippen LogP contribution in [0.1, 0.15) is 33.6 Å². The van der Waals surface area contributed by atoms with E-state index in [9.17, 15) is 9.59 Å². The van der Waals surface area contributed by atoms with E-state index < -0.39 is 5.60 Å². The van der Waals surface area contributed by atoms with Crippen LogP contribution in [-0.4, -0.2) is 68.7 Å². The van der Waals surface area contributed by atoms with Crippen LogP contribution in [0.3, 0.4) is 0 Å². The highest BCUT2D eigenvalue weighted by Crippen LogP contribution is 2.17. The Balaban J connectivity index is 2.22. The van der Waals surface area contributed by atoms with Gasteiger partial charge in [0.25, 0.3) is 0 Å². The van der Waals surface area contributed by atoms with Gasteiger partial charge in [-0.3, -0.25) is 0 Å². The molecule has 0 aromatic rings. The molecule has 0 N–H and O–H groups in total. The first-order chi connectivity index (χ1) is 10.3. The smallest absolute Gasteiger partial charge is 0.410 e. The van der Waals surface area contributed by atoms with E-state index in [1.165, 1.54) is 0 Å². The lowest BCUT2D eigenvalue weighted by Crippen LogP contribution is -2.44. The summed E-state index contributed by atoms with van der Waals surface area (Å²) in [6.07, 6.45) is 0.740. The molecular formula is C15H27NO6. The second-order valence-electron chi connectivity index (χ2n) is 6.20. The molecular weight excluding hydrogens is 290 g/mol. The zero-order valence-corrected chi connectivity index (χ0v) is 13.9. The van der Waals surface area contributed by atoms with Gasteiger partial charge in [-0.25, -0.2) is 9.59 Å². The van der Waals surface area contributed by atoms with Crippen molar-refractivity contribution in [2.45, 2.75) is 45.3 Å². The highest BCUT2D eigenvalue weighted by Gasteiger charge is 2.28. The fourth-order valence-corrected chi connectivity index (χ4v) is 2.00. The van der Waals surface area contributed by atoms with Crippen molar-refractivity contribution in [3.05, 3.63) is 0 Å².